The second-order valence-corrected chi connectivity index (χ2v) is 14.4. The van der Waals surface area contributed by atoms with Gasteiger partial charge < -0.3 is 18.6 Å². The van der Waals surface area contributed by atoms with E-state index in [1.807, 2.05) is 24.3 Å². The lowest BCUT2D eigenvalue weighted by Gasteiger charge is -2.30. The van der Waals surface area contributed by atoms with E-state index in [0.717, 1.165) is 78.0 Å². The van der Waals surface area contributed by atoms with Crippen LogP contribution in [0.4, 0.5) is 34.1 Å². The van der Waals surface area contributed by atoms with Crippen molar-refractivity contribution in [3.05, 3.63) is 194 Å². The molecular weight excluding hydrogens is 685 g/mol. The molecule has 0 saturated carbocycles. The normalized spacial score (nSPS) is 11.9. The number of rotatable bonds is 6. The lowest BCUT2D eigenvalue weighted by Crippen LogP contribution is -2.12. The van der Waals surface area contributed by atoms with Crippen LogP contribution in [0.25, 0.3) is 76.2 Å². The van der Waals surface area contributed by atoms with Crippen molar-refractivity contribution >= 4 is 110 Å². The van der Waals surface area contributed by atoms with Gasteiger partial charge in [-0.2, -0.15) is 0 Å². The second-order valence-electron chi connectivity index (χ2n) is 14.4. The molecule has 0 N–H and O–H groups in total. The maximum Gasteiger partial charge on any atom is 0.137 e. The van der Waals surface area contributed by atoms with Crippen molar-refractivity contribution < 1.29 is 8.83 Å². The first-order valence-corrected chi connectivity index (χ1v) is 19.0. The highest BCUT2D eigenvalue weighted by molar-refractivity contribution is 6.29. The number of furan rings is 2. The van der Waals surface area contributed by atoms with E-state index in [2.05, 4.69) is 180 Å². The quantitative estimate of drug-likeness (QED) is 0.160. The maximum atomic E-state index is 6.41. The molecule has 0 aliphatic carbocycles. The van der Waals surface area contributed by atoms with Crippen molar-refractivity contribution in [1.82, 2.24) is 0 Å². The molecule has 0 amide bonds. The highest BCUT2D eigenvalue weighted by atomic mass is 16.3. The molecular formula is C52H32N2O2. The number of para-hydroxylation sites is 4. The molecule has 0 aliphatic rings. The predicted octanol–water partition coefficient (Wildman–Crippen LogP) is 15.3. The van der Waals surface area contributed by atoms with Gasteiger partial charge in [0.05, 0.1) is 33.5 Å². The standard InChI is InChI=1S/C52H32N2O2/c1-3-13-35(14-4-1)53(43-19-11-23-47-51(43)39-17-7-9-21-45(39)55-47)41-31-27-33-26-30-38-42(32-28-34-25-29-37(41)49(33)50(34)38)54(36-15-5-2-6-16-36)44-20-12-24-48-52(44)40-18-8-10-22-46(40)56-48/h1-32H. The summed E-state index contributed by atoms with van der Waals surface area (Å²) in [6.45, 7) is 0. The molecule has 0 bridgehead atoms. The van der Waals surface area contributed by atoms with Crippen LogP contribution in [0.15, 0.2) is 203 Å². The minimum absolute atomic E-state index is 0.869. The summed E-state index contributed by atoms with van der Waals surface area (Å²) in [7, 11) is 0. The first-order chi connectivity index (χ1) is 27.8. The first kappa shape index (κ1) is 30.9. The molecule has 12 rings (SSSR count). The largest absolute Gasteiger partial charge is 0.456 e. The summed E-state index contributed by atoms with van der Waals surface area (Å²) in [5.41, 5.74) is 10.0. The average Bonchev–Trinajstić information content (AvgIpc) is 3.84. The number of hydrogen-bond acceptors (Lipinski definition) is 4. The van der Waals surface area contributed by atoms with E-state index in [0.29, 0.717) is 0 Å². The van der Waals surface area contributed by atoms with Crippen molar-refractivity contribution in [2.75, 3.05) is 9.80 Å². The van der Waals surface area contributed by atoms with Crippen molar-refractivity contribution in [1.29, 1.82) is 0 Å². The molecule has 0 spiro atoms. The molecule has 0 aliphatic heterocycles. The fourth-order valence-electron chi connectivity index (χ4n) is 9.01. The van der Waals surface area contributed by atoms with Crippen LogP contribution in [0.3, 0.4) is 0 Å². The Labute approximate surface area is 322 Å². The van der Waals surface area contributed by atoms with Gasteiger partial charge in [0.1, 0.15) is 22.3 Å². The van der Waals surface area contributed by atoms with Gasteiger partial charge in [-0.25, -0.2) is 0 Å². The highest BCUT2D eigenvalue weighted by Gasteiger charge is 2.25. The Hall–Kier alpha value is -7.56. The minimum atomic E-state index is 0.869. The van der Waals surface area contributed by atoms with E-state index in [-0.39, 0.29) is 0 Å². The Morgan fingerprint density at radius 2 is 0.643 bits per heavy atom. The molecule has 0 atom stereocenters. The predicted molar refractivity (Wildman–Crippen MR) is 234 cm³/mol. The summed E-state index contributed by atoms with van der Waals surface area (Å²) in [4.78, 5) is 4.80. The SMILES string of the molecule is c1ccc(N(c2ccc3ccc4c(N(c5ccccc5)c5cccc6oc7ccccc7c56)ccc5ccc2c3c54)c2cccc3oc4ccccc4c23)cc1. The van der Waals surface area contributed by atoms with Gasteiger partial charge in [0, 0.05) is 32.9 Å². The molecule has 10 aromatic carbocycles. The molecule has 0 fully saturated rings. The summed E-state index contributed by atoms with van der Waals surface area (Å²) in [5.74, 6) is 0. The van der Waals surface area contributed by atoms with Crippen molar-refractivity contribution in [2.24, 2.45) is 0 Å². The number of anilines is 6. The number of hydrogen-bond donors (Lipinski definition) is 0. The molecule has 262 valence electrons. The van der Waals surface area contributed by atoms with Gasteiger partial charge in [-0.3, -0.25) is 0 Å². The topological polar surface area (TPSA) is 32.8 Å². The summed E-state index contributed by atoms with van der Waals surface area (Å²) in [6, 6.07) is 69.0. The molecule has 2 aromatic heterocycles. The number of nitrogens with zero attached hydrogens (tertiary/aromatic N) is 2. The fraction of sp³-hybridized carbons (Fsp3) is 0. The monoisotopic (exact) mass is 716 g/mol. The summed E-state index contributed by atoms with van der Waals surface area (Å²) in [5, 5.41) is 11.6. The van der Waals surface area contributed by atoms with E-state index >= 15 is 0 Å². The third-order valence-electron chi connectivity index (χ3n) is 11.4. The Morgan fingerprint density at radius 3 is 1.11 bits per heavy atom. The molecule has 0 saturated heterocycles. The lowest BCUT2D eigenvalue weighted by molar-refractivity contribution is 0.668. The van der Waals surface area contributed by atoms with Crippen LogP contribution >= 0.6 is 0 Å². The van der Waals surface area contributed by atoms with Gasteiger partial charge in [-0.1, -0.05) is 121 Å². The Balaban J connectivity index is 1.15. The number of benzene rings is 10. The minimum Gasteiger partial charge on any atom is -0.456 e. The molecule has 0 unspecified atom stereocenters. The molecule has 4 nitrogen and oxygen atoms in total. The van der Waals surface area contributed by atoms with Gasteiger partial charge in [0.2, 0.25) is 0 Å². The van der Waals surface area contributed by atoms with E-state index in [9.17, 15) is 0 Å². The average molecular weight is 717 g/mol. The summed E-state index contributed by atoms with van der Waals surface area (Å²) in [6.07, 6.45) is 0. The second kappa shape index (κ2) is 12.0. The summed E-state index contributed by atoms with van der Waals surface area (Å²) < 4.78 is 12.8. The van der Waals surface area contributed by atoms with Crippen molar-refractivity contribution in [2.45, 2.75) is 0 Å². The lowest BCUT2D eigenvalue weighted by atomic mass is 9.91. The van der Waals surface area contributed by atoms with Crippen LogP contribution < -0.4 is 9.80 Å². The molecule has 12 aromatic rings. The molecule has 2 heterocycles. The molecule has 4 heteroatoms. The van der Waals surface area contributed by atoms with E-state index in [1.54, 1.807) is 0 Å². The van der Waals surface area contributed by atoms with Crippen LogP contribution in [0, 0.1) is 0 Å². The van der Waals surface area contributed by atoms with Gasteiger partial charge in [0.25, 0.3) is 0 Å². The van der Waals surface area contributed by atoms with Crippen LogP contribution in [-0.4, -0.2) is 0 Å². The zero-order chi connectivity index (χ0) is 36.7. The van der Waals surface area contributed by atoms with Gasteiger partial charge in [-0.15, -0.1) is 0 Å². The zero-order valence-electron chi connectivity index (χ0n) is 30.2. The zero-order valence-corrected chi connectivity index (χ0v) is 30.2. The van der Waals surface area contributed by atoms with Gasteiger partial charge in [-0.05, 0) is 94.3 Å². The van der Waals surface area contributed by atoms with Crippen LogP contribution in [0.5, 0.6) is 0 Å². The van der Waals surface area contributed by atoms with Crippen LogP contribution in [-0.2, 0) is 0 Å². The third kappa shape index (κ3) is 4.47. The Kier molecular flexibility index (Phi) is 6.60. The van der Waals surface area contributed by atoms with Crippen molar-refractivity contribution in [3.63, 3.8) is 0 Å². The fourth-order valence-corrected chi connectivity index (χ4v) is 9.01. The van der Waals surface area contributed by atoms with Crippen molar-refractivity contribution in [3.8, 4) is 0 Å². The Bertz CT molecular complexity index is 3210. The smallest absolute Gasteiger partial charge is 0.137 e. The molecule has 56 heavy (non-hydrogen) atoms. The van der Waals surface area contributed by atoms with E-state index in [4.69, 9.17) is 8.83 Å². The third-order valence-corrected chi connectivity index (χ3v) is 11.4. The Morgan fingerprint density at radius 1 is 0.250 bits per heavy atom. The van der Waals surface area contributed by atoms with Crippen LogP contribution in [0.2, 0.25) is 0 Å². The van der Waals surface area contributed by atoms with E-state index in [1.165, 1.54) is 32.3 Å². The van der Waals surface area contributed by atoms with Gasteiger partial charge in [0.15, 0.2) is 0 Å². The highest BCUT2D eigenvalue weighted by Crippen LogP contribution is 2.50. The van der Waals surface area contributed by atoms with Crippen LogP contribution in [0.1, 0.15) is 0 Å². The maximum absolute atomic E-state index is 6.41. The summed E-state index contributed by atoms with van der Waals surface area (Å²) >= 11 is 0. The first-order valence-electron chi connectivity index (χ1n) is 19.0. The van der Waals surface area contributed by atoms with E-state index < -0.39 is 0 Å². The van der Waals surface area contributed by atoms with Gasteiger partial charge >= 0.3 is 0 Å². The molecule has 0 radical (unpaired) electrons. The number of fused-ring (bicyclic) bond motifs is 6.